The topological polar surface area (TPSA) is 93.4 Å². The molecule has 0 bridgehead atoms. The van der Waals surface area contributed by atoms with E-state index in [1.54, 1.807) is 16.5 Å². The lowest BCUT2D eigenvalue weighted by atomic mass is 9.89. The van der Waals surface area contributed by atoms with Crippen molar-refractivity contribution >= 4 is 29.3 Å². The van der Waals surface area contributed by atoms with E-state index in [1.807, 2.05) is 18.2 Å². The number of carbonyl (C=O) groups is 3. The second-order valence-corrected chi connectivity index (χ2v) is 7.34. The van der Waals surface area contributed by atoms with Crippen LogP contribution in [0, 0.1) is 0 Å². The van der Waals surface area contributed by atoms with Gasteiger partial charge in [0.05, 0.1) is 11.0 Å². The minimum absolute atomic E-state index is 0.229. The number of aromatic nitrogens is 2. The minimum Gasteiger partial charge on any atom is -0.345 e. The SMILES string of the molecule is Cn1c(=O)n(C2CCC(=O)NC2=O)c2ccc(C3CCN(C=O)CC3)cc21. The number of amides is 3. The first kappa shape index (κ1) is 17.5. The summed E-state index contributed by atoms with van der Waals surface area (Å²) < 4.78 is 3.05. The van der Waals surface area contributed by atoms with Gasteiger partial charge in [0.1, 0.15) is 6.04 Å². The smallest absolute Gasteiger partial charge is 0.329 e. The summed E-state index contributed by atoms with van der Waals surface area (Å²) in [6.07, 6.45) is 3.24. The first-order chi connectivity index (χ1) is 13.0. The average molecular weight is 370 g/mol. The summed E-state index contributed by atoms with van der Waals surface area (Å²) in [5.41, 5.74) is 2.36. The Bertz CT molecular complexity index is 981. The number of piperidine rings is 2. The highest BCUT2D eigenvalue weighted by molar-refractivity contribution is 6.00. The molecule has 142 valence electrons. The largest absolute Gasteiger partial charge is 0.345 e. The van der Waals surface area contributed by atoms with Gasteiger partial charge in [0.15, 0.2) is 0 Å². The number of benzene rings is 1. The van der Waals surface area contributed by atoms with Crippen LogP contribution in [0.5, 0.6) is 0 Å². The molecule has 2 aliphatic heterocycles. The van der Waals surface area contributed by atoms with Gasteiger partial charge in [-0.25, -0.2) is 4.79 Å². The van der Waals surface area contributed by atoms with Gasteiger partial charge in [0.2, 0.25) is 18.2 Å². The van der Waals surface area contributed by atoms with Gasteiger partial charge in [-0.1, -0.05) is 6.07 Å². The highest BCUT2D eigenvalue weighted by Gasteiger charge is 2.31. The van der Waals surface area contributed by atoms with E-state index in [9.17, 15) is 19.2 Å². The fraction of sp³-hybridized carbons (Fsp3) is 0.474. The van der Waals surface area contributed by atoms with Crippen molar-refractivity contribution < 1.29 is 14.4 Å². The summed E-state index contributed by atoms with van der Waals surface area (Å²) in [7, 11) is 1.70. The van der Waals surface area contributed by atoms with Gasteiger partial charge in [0.25, 0.3) is 0 Å². The number of aryl methyl sites for hydroxylation is 1. The molecule has 27 heavy (non-hydrogen) atoms. The number of imide groups is 1. The first-order valence-electron chi connectivity index (χ1n) is 9.23. The third-order valence-corrected chi connectivity index (χ3v) is 5.79. The van der Waals surface area contributed by atoms with E-state index < -0.39 is 11.9 Å². The van der Waals surface area contributed by atoms with Crippen molar-refractivity contribution in [2.45, 2.75) is 37.6 Å². The summed E-state index contributed by atoms with van der Waals surface area (Å²) in [6, 6.07) is 5.24. The Morgan fingerprint density at radius 3 is 2.48 bits per heavy atom. The van der Waals surface area contributed by atoms with E-state index in [4.69, 9.17) is 0 Å². The Balaban J connectivity index is 1.71. The Morgan fingerprint density at radius 1 is 1.07 bits per heavy atom. The third-order valence-electron chi connectivity index (χ3n) is 5.79. The molecule has 0 saturated carbocycles. The summed E-state index contributed by atoms with van der Waals surface area (Å²) in [6.45, 7) is 1.48. The number of fused-ring (bicyclic) bond motifs is 1. The molecule has 2 saturated heterocycles. The van der Waals surface area contributed by atoms with Crippen LogP contribution in [0.25, 0.3) is 11.0 Å². The van der Waals surface area contributed by atoms with E-state index in [2.05, 4.69) is 5.32 Å². The number of nitrogens with zero attached hydrogens (tertiary/aromatic N) is 3. The maximum Gasteiger partial charge on any atom is 0.329 e. The monoisotopic (exact) mass is 370 g/mol. The molecular weight excluding hydrogens is 348 g/mol. The van der Waals surface area contributed by atoms with Crippen LogP contribution in [0.15, 0.2) is 23.0 Å². The fourth-order valence-electron chi connectivity index (χ4n) is 4.20. The molecule has 0 spiro atoms. The number of hydrogen-bond acceptors (Lipinski definition) is 4. The average Bonchev–Trinajstić information content (AvgIpc) is 2.92. The molecule has 1 N–H and O–H groups in total. The lowest BCUT2D eigenvalue weighted by Crippen LogP contribution is -2.44. The molecule has 3 amide bonds. The quantitative estimate of drug-likeness (QED) is 0.634. The second-order valence-electron chi connectivity index (χ2n) is 7.34. The standard InChI is InChI=1S/C19H22N4O4/c1-21-16-10-13(12-6-8-22(11-24)9-7-12)2-3-14(16)23(19(21)27)15-4-5-17(25)20-18(15)26/h2-3,10-12,15H,4-9H2,1H3,(H,20,25,26). The molecular formula is C19H22N4O4. The molecule has 0 aliphatic carbocycles. The van der Waals surface area contributed by atoms with Crippen molar-refractivity contribution in [1.29, 1.82) is 0 Å². The van der Waals surface area contributed by atoms with Crippen molar-refractivity contribution in [3.63, 3.8) is 0 Å². The van der Waals surface area contributed by atoms with Crippen LogP contribution in [0.1, 0.15) is 43.2 Å². The fourth-order valence-corrected chi connectivity index (χ4v) is 4.20. The zero-order chi connectivity index (χ0) is 19.1. The number of likely N-dealkylation sites (tertiary alicyclic amines) is 1. The van der Waals surface area contributed by atoms with Gasteiger partial charge in [-0.15, -0.1) is 0 Å². The zero-order valence-electron chi connectivity index (χ0n) is 15.2. The molecule has 8 heteroatoms. The Hall–Kier alpha value is -2.90. The molecule has 1 atom stereocenters. The molecule has 2 aliphatic rings. The van der Waals surface area contributed by atoms with Crippen molar-refractivity contribution in [1.82, 2.24) is 19.4 Å². The van der Waals surface area contributed by atoms with Crippen LogP contribution in [0.4, 0.5) is 0 Å². The Labute approximate surface area is 155 Å². The van der Waals surface area contributed by atoms with Crippen LogP contribution in [-0.4, -0.2) is 45.3 Å². The summed E-state index contributed by atoms with van der Waals surface area (Å²) in [4.78, 5) is 49.1. The molecule has 8 nitrogen and oxygen atoms in total. The zero-order valence-corrected chi connectivity index (χ0v) is 15.2. The van der Waals surface area contributed by atoms with E-state index in [1.165, 1.54) is 4.57 Å². The maximum absolute atomic E-state index is 12.8. The van der Waals surface area contributed by atoms with Crippen molar-refractivity contribution in [3.8, 4) is 0 Å². The highest BCUT2D eigenvalue weighted by Crippen LogP contribution is 2.31. The molecule has 2 fully saturated rings. The van der Waals surface area contributed by atoms with Crippen LogP contribution >= 0.6 is 0 Å². The van der Waals surface area contributed by atoms with Crippen LogP contribution in [0.3, 0.4) is 0 Å². The predicted octanol–water partition coefficient (Wildman–Crippen LogP) is 0.654. The molecule has 1 aromatic carbocycles. The summed E-state index contributed by atoms with van der Waals surface area (Å²) in [5, 5.41) is 2.32. The van der Waals surface area contributed by atoms with Crippen molar-refractivity contribution in [3.05, 3.63) is 34.2 Å². The molecule has 1 aromatic heterocycles. The minimum atomic E-state index is -0.666. The van der Waals surface area contributed by atoms with E-state index in [0.29, 0.717) is 17.9 Å². The third kappa shape index (κ3) is 2.94. The van der Waals surface area contributed by atoms with Gasteiger partial charge >= 0.3 is 5.69 Å². The number of nitrogens with one attached hydrogen (secondary N) is 1. The Kier molecular flexibility index (Phi) is 4.33. The molecule has 0 radical (unpaired) electrons. The van der Waals surface area contributed by atoms with E-state index >= 15 is 0 Å². The molecule has 4 rings (SSSR count). The van der Waals surface area contributed by atoms with Gasteiger partial charge in [0, 0.05) is 26.6 Å². The molecule has 1 unspecified atom stereocenters. The molecule has 2 aromatic rings. The van der Waals surface area contributed by atoms with Gasteiger partial charge < -0.3 is 4.90 Å². The molecule has 3 heterocycles. The van der Waals surface area contributed by atoms with Gasteiger partial charge in [-0.3, -0.25) is 28.8 Å². The normalized spacial score (nSPS) is 21.5. The first-order valence-corrected chi connectivity index (χ1v) is 9.23. The van der Waals surface area contributed by atoms with Gasteiger partial charge in [-0.2, -0.15) is 0 Å². The van der Waals surface area contributed by atoms with Crippen LogP contribution < -0.4 is 11.0 Å². The lowest BCUT2D eigenvalue weighted by molar-refractivity contribution is -0.135. The van der Waals surface area contributed by atoms with Crippen LogP contribution in [0.2, 0.25) is 0 Å². The number of hydrogen-bond donors (Lipinski definition) is 1. The second kappa shape index (κ2) is 6.68. The van der Waals surface area contributed by atoms with Gasteiger partial charge in [-0.05, 0) is 42.9 Å². The summed E-state index contributed by atoms with van der Waals surface area (Å²) >= 11 is 0. The highest BCUT2D eigenvalue weighted by atomic mass is 16.2. The maximum atomic E-state index is 12.8. The number of carbonyl (C=O) groups excluding carboxylic acids is 3. The van der Waals surface area contributed by atoms with Crippen LogP contribution in [-0.2, 0) is 21.4 Å². The van der Waals surface area contributed by atoms with Crippen molar-refractivity contribution in [2.24, 2.45) is 7.05 Å². The number of imidazole rings is 1. The lowest BCUT2D eigenvalue weighted by Gasteiger charge is -2.29. The van der Waals surface area contributed by atoms with Crippen molar-refractivity contribution in [2.75, 3.05) is 13.1 Å². The summed E-state index contributed by atoms with van der Waals surface area (Å²) in [5.74, 6) is -0.376. The Morgan fingerprint density at radius 2 is 1.81 bits per heavy atom. The van der Waals surface area contributed by atoms with E-state index in [0.717, 1.165) is 43.4 Å². The number of rotatable bonds is 3. The van der Waals surface area contributed by atoms with E-state index in [-0.39, 0.29) is 18.0 Å². The predicted molar refractivity (Wildman–Crippen MR) is 98.2 cm³/mol.